The molecule has 1 fully saturated rings. The molecule has 0 bridgehead atoms. The fourth-order valence-electron chi connectivity index (χ4n) is 4.48. The van der Waals surface area contributed by atoms with Gasteiger partial charge in [0, 0.05) is 16.3 Å². The van der Waals surface area contributed by atoms with Crippen LogP contribution in [-0.2, 0) is 15.3 Å². The largest absolute Gasteiger partial charge is 0.507 e. The van der Waals surface area contributed by atoms with E-state index in [0.29, 0.717) is 51.0 Å². The third kappa shape index (κ3) is 7.04. The van der Waals surface area contributed by atoms with Gasteiger partial charge in [-0.1, -0.05) is 72.8 Å². The smallest absolute Gasteiger partial charge is 0.301 e. The number of benzene rings is 3. The number of rotatable bonds is 12. The van der Waals surface area contributed by atoms with E-state index in [1.54, 1.807) is 48.5 Å². The number of aromatic nitrogens is 2. The monoisotopic (exact) mass is 635 g/mol. The number of Topliss-reactive ketones (excluding diaryl/α,β-unsaturated/α-hetero) is 1. The molecular formula is C32H30ClN3O5S2. The zero-order valence-corrected chi connectivity index (χ0v) is 26.0. The molecule has 8 nitrogen and oxygen atoms in total. The number of carbonyl (C=O) groups is 2. The number of halogens is 1. The molecule has 0 aliphatic carbocycles. The fourth-order valence-corrected chi connectivity index (χ4v) is 6.43. The Hall–Kier alpha value is -3.86. The van der Waals surface area contributed by atoms with Gasteiger partial charge in [0.15, 0.2) is 4.34 Å². The number of hydrogen-bond donors (Lipinski definition) is 1. The highest BCUT2D eigenvalue weighted by molar-refractivity contribution is 8.00. The number of nitrogens with zero attached hydrogens (tertiary/aromatic N) is 3. The van der Waals surface area contributed by atoms with Crippen molar-refractivity contribution in [2.45, 2.75) is 42.8 Å². The van der Waals surface area contributed by atoms with Gasteiger partial charge in [-0.3, -0.25) is 14.5 Å². The van der Waals surface area contributed by atoms with Crippen LogP contribution in [0.5, 0.6) is 11.5 Å². The van der Waals surface area contributed by atoms with E-state index in [1.807, 2.05) is 38.1 Å². The summed E-state index contributed by atoms with van der Waals surface area (Å²) in [6.07, 6.45) is 1.72. The summed E-state index contributed by atoms with van der Waals surface area (Å²) in [5, 5.41) is 20.9. The third-order valence-corrected chi connectivity index (χ3v) is 8.97. The number of anilines is 1. The molecule has 0 saturated carbocycles. The van der Waals surface area contributed by atoms with Crippen molar-refractivity contribution in [3.05, 3.63) is 100 Å². The molecule has 2 heterocycles. The van der Waals surface area contributed by atoms with Gasteiger partial charge in [0.05, 0.1) is 24.8 Å². The number of aliphatic hydroxyl groups is 1. The molecule has 1 amide bonds. The lowest BCUT2D eigenvalue weighted by Gasteiger charge is -2.22. The van der Waals surface area contributed by atoms with Crippen molar-refractivity contribution in [2.75, 3.05) is 18.1 Å². The minimum absolute atomic E-state index is 0.0278. The highest BCUT2D eigenvalue weighted by Crippen LogP contribution is 2.44. The SMILES string of the molecule is CCCOc1ccc(/C(O)=C2/C(=O)C(=O)N(c3nnc(SCc4ccc(Cl)cc4)s3)C2c2ccc(OCCC)cc2)cc1. The molecule has 222 valence electrons. The second-order valence-corrected chi connectivity index (χ2v) is 12.3. The van der Waals surface area contributed by atoms with Gasteiger partial charge in [-0.2, -0.15) is 0 Å². The molecule has 1 aliphatic heterocycles. The van der Waals surface area contributed by atoms with E-state index in [2.05, 4.69) is 10.2 Å². The first-order valence-corrected chi connectivity index (χ1v) is 16.0. The van der Waals surface area contributed by atoms with E-state index in [1.165, 1.54) is 28.0 Å². The molecule has 1 saturated heterocycles. The summed E-state index contributed by atoms with van der Waals surface area (Å²) < 4.78 is 12.0. The average Bonchev–Trinajstić information content (AvgIpc) is 3.60. The summed E-state index contributed by atoms with van der Waals surface area (Å²) in [4.78, 5) is 28.4. The highest BCUT2D eigenvalue weighted by atomic mass is 35.5. The molecule has 0 spiro atoms. The predicted molar refractivity (Wildman–Crippen MR) is 170 cm³/mol. The number of thioether (sulfide) groups is 1. The van der Waals surface area contributed by atoms with Crippen molar-refractivity contribution in [2.24, 2.45) is 0 Å². The fraction of sp³-hybridized carbons (Fsp3) is 0.250. The Bertz CT molecular complexity index is 1610. The predicted octanol–water partition coefficient (Wildman–Crippen LogP) is 7.69. The summed E-state index contributed by atoms with van der Waals surface area (Å²) in [5.74, 6) is 0.0843. The molecule has 43 heavy (non-hydrogen) atoms. The summed E-state index contributed by atoms with van der Waals surface area (Å²) in [6, 6.07) is 20.6. The second-order valence-electron chi connectivity index (χ2n) is 9.73. The van der Waals surface area contributed by atoms with Crippen LogP contribution in [0.2, 0.25) is 5.02 Å². The van der Waals surface area contributed by atoms with Gasteiger partial charge in [0.1, 0.15) is 17.3 Å². The summed E-state index contributed by atoms with van der Waals surface area (Å²) in [7, 11) is 0. The topological polar surface area (TPSA) is 102 Å². The molecule has 3 aromatic carbocycles. The van der Waals surface area contributed by atoms with Crippen LogP contribution in [0.4, 0.5) is 5.13 Å². The molecule has 1 N–H and O–H groups in total. The van der Waals surface area contributed by atoms with E-state index in [-0.39, 0.29) is 16.5 Å². The molecule has 4 aromatic rings. The van der Waals surface area contributed by atoms with Gasteiger partial charge < -0.3 is 14.6 Å². The molecule has 1 aromatic heterocycles. The first kappa shape index (κ1) is 30.6. The molecule has 1 atom stereocenters. The van der Waals surface area contributed by atoms with Crippen molar-refractivity contribution in [3.63, 3.8) is 0 Å². The summed E-state index contributed by atoms with van der Waals surface area (Å²) >= 11 is 8.68. The van der Waals surface area contributed by atoms with Crippen molar-refractivity contribution in [1.29, 1.82) is 0 Å². The first-order chi connectivity index (χ1) is 20.9. The van der Waals surface area contributed by atoms with Crippen molar-refractivity contribution < 1.29 is 24.2 Å². The standard InChI is InChI=1S/C32H30ClN3O5S2/c1-3-17-40-24-13-7-21(8-14-24)27-26(28(37)22-9-15-25(16-10-22)41-18-4-2)29(38)30(39)36(27)31-34-35-32(43-31)42-19-20-5-11-23(33)12-6-20/h5-16,27,37H,3-4,17-19H2,1-2H3/b28-26-. The Kier molecular flexibility index (Phi) is 10.0. The Morgan fingerprint density at radius 2 is 1.51 bits per heavy atom. The van der Waals surface area contributed by atoms with Crippen LogP contribution < -0.4 is 14.4 Å². The van der Waals surface area contributed by atoms with Crippen LogP contribution in [0.15, 0.2) is 82.7 Å². The van der Waals surface area contributed by atoms with Crippen LogP contribution >= 0.6 is 34.7 Å². The zero-order chi connectivity index (χ0) is 30.3. The van der Waals surface area contributed by atoms with E-state index in [9.17, 15) is 14.7 Å². The van der Waals surface area contributed by atoms with Gasteiger partial charge in [-0.05, 0) is 72.5 Å². The van der Waals surface area contributed by atoms with Crippen LogP contribution in [0.1, 0.15) is 49.4 Å². The lowest BCUT2D eigenvalue weighted by Crippen LogP contribution is -2.29. The molecule has 5 rings (SSSR count). The highest BCUT2D eigenvalue weighted by Gasteiger charge is 2.48. The van der Waals surface area contributed by atoms with Gasteiger partial charge in [0.2, 0.25) is 5.13 Å². The number of ether oxygens (including phenoxy) is 2. The quantitative estimate of drug-likeness (QED) is 0.0556. The zero-order valence-electron chi connectivity index (χ0n) is 23.7. The Balaban J connectivity index is 1.50. The maximum Gasteiger partial charge on any atom is 0.301 e. The molecular weight excluding hydrogens is 606 g/mol. The number of ketones is 1. The molecule has 1 unspecified atom stereocenters. The Morgan fingerprint density at radius 3 is 2.12 bits per heavy atom. The molecule has 11 heteroatoms. The van der Waals surface area contributed by atoms with Gasteiger partial charge in [0.25, 0.3) is 5.78 Å². The van der Waals surface area contributed by atoms with Crippen molar-refractivity contribution >= 4 is 57.3 Å². The van der Waals surface area contributed by atoms with Crippen molar-refractivity contribution in [1.82, 2.24) is 10.2 Å². The van der Waals surface area contributed by atoms with Gasteiger partial charge in [-0.15, -0.1) is 10.2 Å². The number of carbonyl (C=O) groups excluding carboxylic acids is 2. The van der Waals surface area contributed by atoms with Gasteiger partial charge >= 0.3 is 5.91 Å². The lowest BCUT2D eigenvalue weighted by atomic mass is 9.95. The maximum absolute atomic E-state index is 13.5. The maximum atomic E-state index is 13.5. The van der Waals surface area contributed by atoms with Crippen molar-refractivity contribution in [3.8, 4) is 11.5 Å². The van der Waals surface area contributed by atoms with E-state index >= 15 is 0 Å². The van der Waals surface area contributed by atoms with E-state index in [0.717, 1.165) is 18.4 Å². The van der Waals surface area contributed by atoms with Crippen LogP contribution in [-0.4, -0.2) is 40.2 Å². The van der Waals surface area contributed by atoms with Crippen LogP contribution in [0, 0.1) is 0 Å². The van der Waals surface area contributed by atoms with Crippen LogP contribution in [0.3, 0.4) is 0 Å². The normalized spacial score (nSPS) is 16.1. The first-order valence-electron chi connectivity index (χ1n) is 13.9. The van der Waals surface area contributed by atoms with E-state index in [4.69, 9.17) is 21.1 Å². The minimum Gasteiger partial charge on any atom is -0.507 e. The molecule has 0 radical (unpaired) electrons. The Morgan fingerprint density at radius 1 is 0.907 bits per heavy atom. The van der Waals surface area contributed by atoms with Crippen LogP contribution in [0.25, 0.3) is 5.76 Å². The molecule has 1 aliphatic rings. The Labute approximate surface area is 263 Å². The number of hydrogen-bond acceptors (Lipinski definition) is 9. The van der Waals surface area contributed by atoms with Gasteiger partial charge in [-0.25, -0.2) is 0 Å². The number of amides is 1. The lowest BCUT2D eigenvalue weighted by molar-refractivity contribution is -0.132. The average molecular weight is 636 g/mol. The van der Waals surface area contributed by atoms with E-state index < -0.39 is 17.7 Å². The summed E-state index contributed by atoms with van der Waals surface area (Å²) in [5.41, 5.74) is 2.05. The number of aliphatic hydroxyl groups excluding tert-OH is 1. The second kappa shape index (κ2) is 14.1. The summed E-state index contributed by atoms with van der Waals surface area (Å²) in [6.45, 7) is 5.17. The minimum atomic E-state index is -0.918. The third-order valence-electron chi connectivity index (χ3n) is 6.59.